The molecular formula is C14H29Cl2N3O. The second kappa shape index (κ2) is 9.82. The molecule has 2 rings (SSSR count). The Kier molecular flexibility index (Phi) is 9.81. The summed E-state index contributed by atoms with van der Waals surface area (Å²) in [6.07, 6.45) is 6.68. The van der Waals surface area contributed by atoms with Crippen molar-refractivity contribution >= 4 is 30.7 Å². The SMILES string of the molecule is CCN(CCNC(=O)C[C@@H]1CCC[C@H]1N)C1CC1.Cl.Cl. The van der Waals surface area contributed by atoms with Gasteiger partial charge in [0.1, 0.15) is 0 Å². The highest BCUT2D eigenvalue weighted by Gasteiger charge is 2.28. The fraction of sp³-hybridized carbons (Fsp3) is 0.929. The first kappa shape index (κ1) is 20.0. The predicted octanol–water partition coefficient (Wildman–Crippen LogP) is 1.95. The van der Waals surface area contributed by atoms with Gasteiger partial charge in [-0.1, -0.05) is 13.3 Å². The largest absolute Gasteiger partial charge is 0.355 e. The van der Waals surface area contributed by atoms with Gasteiger partial charge in [0.25, 0.3) is 0 Å². The molecule has 2 fully saturated rings. The normalized spacial score (nSPS) is 24.9. The van der Waals surface area contributed by atoms with Gasteiger partial charge in [-0.3, -0.25) is 9.69 Å². The Morgan fingerprint density at radius 2 is 1.95 bits per heavy atom. The van der Waals surface area contributed by atoms with Crippen molar-refractivity contribution in [2.45, 2.75) is 57.5 Å². The Balaban J connectivity index is 0.00000180. The molecule has 1 amide bonds. The Hall–Kier alpha value is -0.0300. The molecule has 0 heterocycles. The maximum Gasteiger partial charge on any atom is 0.220 e. The van der Waals surface area contributed by atoms with E-state index in [1.54, 1.807) is 0 Å². The van der Waals surface area contributed by atoms with Crippen molar-refractivity contribution in [2.24, 2.45) is 11.7 Å². The summed E-state index contributed by atoms with van der Waals surface area (Å²) in [7, 11) is 0. The fourth-order valence-electron chi connectivity index (χ4n) is 3.01. The van der Waals surface area contributed by atoms with E-state index in [2.05, 4.69) is 17.1 Å². The van der Waals surface area contributed by atoms with Crippen LogP contribution in [0.4, 0.5) is 0 Å². The first-order valence-electron chi connectivity index (χ1n) is 7.47. The van der Waals surface area contributed by atoms with Crippen LogP contribution in [0.25, 0.3) is 0 Å². The minimum atomic E-state index is 0. The van der Waals surface area contributed by atoms with Crippen LogP contribution in [-0.4, -0.2) is 42.5 Å². The molecule has 2 saturated carbocycles. The van der Waals surface area contributed by atoms with E-state index in [0.29, 0.717) is 12.3 Å². The molecule has 0 saturated heterocycles. The van der Waals surface area contributed by atoms with Crippen molar-refractivity contribution in [3.63, 3.8) is 0 Å². The van der Waals surface area contributed by atoms with Crippen molar-refractivity contribution in [1.82, 2.24) is 10.2 Å². The molecule has 120 valence electrons. The molecule has 4 nitrogen and oxygen atoms in total. The molecule has 0 bridgehead atoms. The number of nitrogens with zero attached hydrogens (tertiary/aromatic N) is 1. The van der Waals surface area contributed by atoms with Gasteiger partial charge < -0.3 is 11.1 Å². The number of rotatable bonds is 7. The maximum atomic E-state index is 11.8. The fourth-order valence-corrected chi connectivity index (χ4v) is 3.01. The van der Waals surface area contributed by atoms with Gasteiger partial charge in [-0.15, -0.1) is 24.8 Å². The molecular weight excluding hydrogens is 297 g/mol. The van der Waals surface area contributed by atoms with Crippen LogP contribution < -0.4 is 11.1 Å². The zero-order valence-corrected chi connectivity index (χ0v) is 14.0. The molecule has 20 heavy (non-hydrogen) atoms. The third-order valence-corrected chi connectivity index (χ3v) is 4.36. The van der Waals surface area contributed by atoms with E-state index in [0.717, 1.165) is 38.5 Å². The van der Waals surface area contributed by atoms with Crippen LogP contribution >= 0.6 is 24.8 Å². The Morgan fingerprint density at radius 1 is 1.25 bits per heavy atom. The summed E-state index contributed by atoms with van der Waals surface area (Å²) in [4.78, 5) is 14.3. The molecule has 0 unspecified atom stereocenters. The number of nitrogens with two attached hydrogens (primary N) is 1. The third kappa shape index (κ3) is 6.17. The smallest absolute Gasteiger partial charge is 0.220 e. The molecule has 0 aromatic carbocycles. The van der Waals surface area contributed by atoms with Crippen LogP contribution in [0.3, 0.4) is 0 Å². The molecule has 6 heteroatoms. The van der Waals surface area contributed by atoms with E-state index in [9.17, 15) is 4.79 Å². The summed E-state index contributed by atoms with van der Waals surface area (Å²) in [6.45, 7) is 5.06. The van der Waals surface area contributed by atoms with Gasteiger partial charge in [-0.2, -0.15) is 0 Å². The Bertz CT molecular complexity index is 288. The average molecular weight is 326 g/mol. The quantitative estimate of drug-likeness (QED) is 0.752. The zero-order valence-electron chi connectivity index (χ0n) is 12.3. The van der Waals surface area contributed by atoms with Gasteiger partial charge >= 0.3 is 0 Å². The monoisotopic (exact) mass is 325 g/mol. The molecule has 0 spiro atoms. The number of likely N-dealkylation sites (N-methyl/N-ethyl adjacent to an activating group) is 1. The van der Waals surface area contributed by atoms with Crippen LogP contribution in [0.2, 0.25) is 0 Å². The van der Waals surface area contributed by atoms with Crippen molar-refractivity contribution in [3.8, 4) is 0 Å². The number of carbonyl (C=O) groups excluding carboxylic acids is 1. The van der Waals surface area contributed by atoms with Crippen LogP contribution in [0.1, 0.15) is 45.4 Å². The number of amides is 1. The van der Waals surface area contributed by atoms with Crippen molar-refractivity contribution in [1.29, 1.82) is 0 Å². The highest BCUT2D eigenvalue weighted by Crippen LogP contribution is 2.27. The molecule has 2 atom stereocenters. The highest BCUT2D eigenvalue weighted by molar-refractivity contribution is 5.85. The van der Waals surface area contributed by atoms with Crippen molar-refractivity contribution in [3.05, 3.63) is 0 Å². The predicted molar refractivity (Wildman–Crippen MR) is 87.7 cm³/mol. The summed E-state index contributed by atoms with van der Waals surface area (Å²) in [5.74, 6) is 0.597. The number of carbonyl (C=O) groups is 1. The van der Waals surface area contributed by atoms with Crippen molar-refractivity contribution in [2.75, 3.05) is 19.6 Å². The summed E-state index contributed by atoms with van der Waals surface area (Å²) in [5, 5.41) is 3.04. The molecule has 3 N–H and O–H groups in total. The van der Waals surface area contributed by atoms with Crippen LogP contribution in [0, 0.1) is 5.92 Å². The minimum absolute atomic E-state index is 0. The highest BCUT2D eigenvalue weighted by atomic mass is 35.5. The van der Waals surface area contributed by atoms with Crippen LogP contribution in [-0.2, 0) is 4.79 Å². The van der Waals surface area contributed by atoms with Gasteiger partial charge in [0.2, 0.25) is 5.91 Å². The standard InChI is InChI=1S/C14H27N3O.2ClH/c1-2-17(12-6-7-12)9-8-16-14(18)10-11-4-3-5-13(11)15;;/h11-13H,2-10,15H2,1H3,(H,16,18);2*1H/t11-,13+;;/m0../s1. The van der Waals surface area contributed by atoms with Gasteiger partial charge in [0.05, 0.1) is 0 Å². The number of hydrogen-bond acceptors (Lipinski definition) is 3. The number of hydrogen-bond donors (Lipinski definition) is 2. The summed E-state index contributed by atoms with van der Waals surface area (Å²) in [5.41, 5.74) is 5.99. The molecule has 2 aliphatic carbocycles. The average Bonchev–Trinajstić information content (AvgIpc) is 3.11. The lowest BCUT2D eigenvalue weighted by Crippen LogP contribution is -2.37. The summed E-state index contributed by atoms with van der Waals surface area (Å²) < 4.78 is 0. The first-order valence-corrected chi connectivity index (χ1v) is 7.47. The van der Waals surface area contributed by atoms with E-state index in [1.165, 1.54) is 19.3 Å². The molecule has 0 aromatic rings. The summed E-state index contributed by atoms with van der Waals surface area (Å²) >= 11 is 0. The van der Waals surface area contributed by atoms with Crippen LogP contribution in [0.5, 0.6) is 0 Å². The van der Waals surface area contributed by atoms with E-state index in [-0.39, 0.29) is 36.8 Å². The van der Waals surface area contributed by atoms with E-state index >= 15 is 0 Å². The van der Waals surface area contributed by atoms with E-state index in [1.807, 2.05) is 0 Å². The zero-order chi connectivity index (χ0) is 13.0. The van der Waals surface area contributed by atoms with Gasteiger partial charge in [0.15, 0.2) is 0 Å². The van der Waals surface area contributed by atoms with Gasteiger partial charge in [-0.05, 0) is 38.1 Å². The number of nitrogens with one attached hydrogen (secondary N) is 1. The topological polar surface area (TPSA) is 58.4 Å². The van der Waals surface area contributed by atoms with Gasteiger partial charge in [-0.25, -0.2) is 0 Å². The van der Waals surface area contributed by atoms with E-state index < -0.39 is 0 Å². The Morgan fingerprint density at radius 3 is 2.45 bits per heavy atom. The lowest BCUT2D eigenvalue weighted by atomic mass is 10.00. The molecule has 0 radical (unpaired) electrons. The third-order valence-electron chi connectivity index (χ3n) is 4.36. The second-order valence-electron chi connectivity index (χ2n) is 5.77. The lowest BCUT2D eigenvalue weighted by molar-refractivity contribution is -0.122. The van der Waals surface area contributed by atoms with Crippen molar-refractivity contribution < 1.29 is 4.79 Å². The molecule has 2 aliphatic rings. The second-order valence-corrected chi connectivity index (χ2v) is 5.77. The lowest BCUT2D eigenvalue weighted by Gasteiger charge is -2.20. The molecule has 0 aliphatic heterocycles. The van der Waals surface area contributed by atoms with Crippen LogP contribution in [0.15, 0.2) is 0 Å². The Labute approximate surface area is 135 Å². The molecule has 0 aromatic heterocycles. The first-order chi connectivity index (χ1) is 8.70. The van der Waals surface area contributed by atoms with Gasteiger partial charge in [0, 0.05) is 31.6 Å². The number of halogens is 2. The minimum Gasteiger partial charge on any atom is -0.355 e. The maximum absolute atomic E-state index is 11.8. The van der Waals surface area contributed by atoms with E-state index in [4.69, 9.17) is 5.73 Å². The summed E-state index contributed by atoms with van der Waals surface area (Å²) in [6, 6.07) is 1.03.